The number of benzene rings is 1. The number of carbonyl (C=O) groups excluding carboxylic acids is 2. The summed E-state index contributed by atoms with van der Waals surface area (Å²) in [5.41, 5.74) is 0.971. The number of carbonyl (C=O) groups is 2. The van der Waals surface area contributed by atoms with Crippen molar-refractivity contribution in [2.45, 2.75) is 125 Å². The summed E-state index contributed by atoms with van der Waals surface area (Å²) in [5, 5.41) is 23.4. The molecule has 0 aromatic heterocycles. The van der Waals surface area contributed by atoms with Crippen LogP contribution >= 0.6 is 34.8 Å². The number of esters is 1. The average molecular weight is 711 g/mol. The van der Waals surface area contributed by atoms with Crippen LogP contribution in [0.5, 0.6) is 0 Å². The molecule has 13 heteroatoms. The number of alkyl carbamates (subject to hydrolysis) is 1. The molecule has 1 aromatic carbocycles. The highest BCUT2D eigenvalue weighted by atomic mass is 35.6. The predicted molar refractivity (Wildman–Crippen MR) is 178 cm³/mol. The van der Waals surface area contributed by atoms with E-state index in [4.69, 9.17) is 58.5 Å². The lowest BCUT2D eigenvalue weighted by molar-refractivity contribution is -0.270. The number of nitrogens with one attached hydrogen (secondary N) is 1. The van der Waals surface area contributed by atoms with Crippen molar-refractivity contribution in [3.05, 3.63) is 48.6 Å². The van der Waals surface area contributed by atoms with Crippen LogP contribution in [0, 0.1) is 0 Å². The molecule has 1 aromatic rings. The van der Waals surface area contributed by atoms with Crippen molar-refractivity contribution in [2.75, 3.05) is 19.8 Å². The van der Waals surface area contributed by atoms with Crippen molar-refractivity contribution >= 4 is 46.9 Å². The van der Waals surface area contributed by atoms with Crippen LogP contribution in [0.1, 0.15) is 83.1 Å². The molecule has 1 heterocycles. The number of ether oxygens (including phenoxy) is 5. The molecule has 1 amide bonds. The van der Waals surface area contributed by atoms with Gasteiger partial charge >= 0.3 is 12.1 Å². The molecule has 0 unspecified atom stereocenters. The van der Waals surface area contributed by atoms with E-state index in [-0.39, 0.29) is 13.0 Å². The first-order valence-electron chi connectivity index (χ1n) is 16.1. The van der Waals surface area contributed by atoms with Crippen LogP contribution in [0.3, 0.4) is 0 Å². The Morgan fingerprint density at radius 2 is 1.72 bits per heavy atom. The number of unbranched alkanes of at least 4 members (excludes halogenated alkanes) is 8. The molecule has 46 heavy (non-hydrogen) atoms. The van der Waals surface area contributed by atoms with Gasteiger partial charge < -0.3 is 39.2 Å². The molecule has 10 nitrogen and oxygen atoms in total. The monoisotopic (exact) mass is 709 g/mol. The van der Waals surface area contributed by atoms with Crippen molar-refractivity contribution in [1.82, 2.24) is 5.32 Å². The zero-order valence-corrected chi connectivity index (χ0v) is 28.9. The molecule has 262 valence electrons. The molecule has 3 N–H and O–H groups in total. The second-order valence-corrected chi connectivity index (χ2v) is 13.9. The number of hydrogen-bond acceptors (Lipinski definition) is 9. The van der Waals surface area contributed by atoms with E-state index in [2.05, 4.69) is 18.8 Å². The SMILES string of the molecule is C=CCO[C@H]1O[C@H](CO)[C@@H](O)[C@H](OC(=O)C[C@H](CCCCCCCCCCC)OCc2ccccc2)[C@H]1NC(=O)OCC(Cl)(Cl)Cl. The van der Waals surface area contributed by atoms with Gasteiger partial charge in [0, 0.05) is 0 Å². The number of alkyl halides is 3. The van der Waals surface area contributed by atoms with E-state index in [1.807, 2.05) is 30.3 Å². The van der Waals surface area contributed by atoms with Gasteiger partial charge in [0.25, 0.3) is 0 Å². The summed E-state index contributed by atoms with van der Waals surface area (Å²) < 4.78 is 26.3. The van der Waals surface area contributed by atoms with Crippen LogP contribution in [-0.4, -0.2) is 82.6 Å². The lowest BCUT2D eigenvalue weighted by Crippen LogP contribution is -2.66. The van der Waals surface area contributed by atoms with Gasteiger partial charge in [-0.3, -0.25) is 4.79 Å². The molecule has 2 rings (SSSR count). The third-order valence-corrected chi connectivity index (χ3v) is 7.83. The highest BCUT2D eigenvalue weighted by molar-refractivity contribution is 6.67. The molecule has 0 aliphatic carbocycles. The molecule has 1 aliphatic rings. The Morgan fingerprint density at radius 3 is 2.33 bits per heavy atom. The number of halogens is 3. The summed E-state index contributed by atoms with van der Waals surface area (Å²) in [5.74, 6) is -0.666. The van der Waals surface area contributed by atoms with Crippen LogP contribution in [0.4, 0.5) is 4.79 Å². The topological polar surface area (TPSA) is 133 Å². The lowest BCUT2D eigenvalue weighted by Gasteiger charge is -2.43. The highest BCUT2D eigenvalue weighted by Gasteiger charge is 2.49. The maximum Gasteiger partial charge on any atom is 0.407 e. The molecule has 0 radical (unpaired) electrons. The summed E-state index contributed by atoms with van der Waals surface area (Å²) >= 11 is 17.1. The molecule has 0 saturated carbocycles. The van der Waals surface area contributed by atoms with Crippen molar-refractivity contribution in [3.8, 4) is 0 Å². The Hall–Kier alpha value is -1.63. The van der Waals surface area contributed by atoms with E-state index in [1.54, 1.807) is 0 Å². The minimum absolute atomic E-state index is 0.00487. The lowest BCUT2D eigenvalue weighted by atomic mass is 9.96. The van der Waals surface area contributed by atoms with E-state index in [1.165, 1.54) is 44.6 Å². The fraction of sp³-hybridized carbons (Fsp3) is 0.697. The third-order valence-electron chi connectivity index (χ3n) is 7.50. The van der Waals surface area contributed by atoms with Gasteiger partial charge in [-0.05, 0) is 12.0 Å². The average Bonchev–Trinajstić information content (AvgIpc) is 3.03. The zero-order chi connectivity index (χ0) is 33.8. The first-order valence-corrected chi connectivity index (χ1v) is 17.2. The maximum absolute atomic E-state index is 13.4. The fourth-order valence-corrected chi connectivity index (χ4v) is 5.26. The minimum atomic E-state index is -1.87. The fourth-order valence-electron chi connectivity index (χ4n) is 5.09. The van der Waals surface area contributed by atoms with Crippen molar-refractivity contribution < 1.29 is 43.5 Å². The Morgan fingerprint density at radius 1 is 1.07 bits per heavy atom. The van der Waals surface area contributed by atoms with Gasteiger partial charge in [-0.1, -0.05) is 136 Å². The van der Waals surface area contributed by atoms with Gasteiger partial charge in [-0.2, -0.15) is 0 Å². The van der Waals surface area contributed by atoms with Gasteiger partial charge in [-0.25, -0.2) is 4.79 Å². The van der Waals surface area contributed by atoms with E-state index in [0.717, 1.165) is 24.8 Å². The highest BCUT2D eigenvalue weighted by Crippen LogP contribution is 2.28. The number of rotatable bonds is 22. The Balaban J connectivity index is 2.09. The summed E-state index contributed by atoms with van der Waals surface area (Å²) in [6, 6.07) is 8.41. The standard InChI is InChI=1S/C33H50Cl3NO9/c1-3-5-6-7-8-9-10-11-15-18-25(43-22-24-16-13-12-14-17-24)20-27(39)46-30-28(37-32(41)44-23-33(34,35)36)31(42-19-4-2)45-26(21-38)29(30)40/h4,12-14,16-17,25-26,28-31,38,40H,2-3,5-11,15,18-23H2,1H3,(H,37,41)/t25-,26+,28+,29+,30+,31-/m0/s1. The summed E-state index contributed by atoms with van der Waals surface area (Å²) in [7, 11) is 0. The first-order chi connectivity index (χ1) is 22.1. The van der Waals surface area contributed by atoms with Crippen molar-refractivity contribution in [1.29, 1.82) is 0 Å². The Kier molecular flexibility index (Phi) is 20.1. The summed E-state index contributed by atoms with van der Waals surface area (Å²) in [6.45, 7) is 4.96. The number of aliphatic hydroxyl groups is 2. The Labute approximate surface area is 288 Å². The molecule has 1 aliphatic heterocycles. The van der Waals surface area contributed by atoms with E-state index in [9.17, 15) is 19.8 Å². The smallest absolute Gasteiger partial charge is 0.407 e. The van der Waals surface area contributed by atoms with Gasteiger partial charge in [0.2, 0.25) is 3.79 Å². The van der Waals surface area contributed by atoms with Crippen molar-refractivity contribution in [2.24, 2.45) is 0 Å². The van der Waals surface area contributed by atoms with Gasteiger partial charge in [-0.15, -0.1) is 6.58 Å². The molecule has 0 spiro atoms. The predicted octanol–water partition coefficient (Wildman–Crippen LogP) is 6.54. The molecular formula is C33H50Cl3NO9. The van der Waals surface area contributed by atoms with Crippen LogP contribution in [0.15, 0.2) is 43.0 Å². The quantitative estimate of drug-likeness (QED) is 0.0531. The largest absolute Gasteiger partial charge is 0.457 e. The summed E-state index contributed by atoms with van der Waals surface area (Å²) in [6.07, 6.45) is 5.69. The maximum atomic E-state index is 13.4. The third kappa shape index (κ3) is 16.5. The molecular weight excluding hydrogens is 661 g/mol. The van der Waals surface area contributed by atoms with Crippen LogP contribution in [0.2, 0.25) is 0 Å². The van der Waals surface area contributed by atoms with Crippen molar-refractivity contribution in [3.63, 3.8) is 0 Å². The van der Waals surface area contributed by atoms with Gasteiger partial charge in [0.05, 0.1) is 32.3 Å². The van der Waals surface area contributed by atoms with E-state index >= 15 is 0 Å². The number of aliphatic hydroxyl groups excluding tert-OH is 2. The van der Waals surface area contributed by atoms with Gasteiger partial charge in [0.15, 0.2) is 12.4 Å². The first kappa shape index (κ1) is 40.5. The Bertz CT molecular complexity index is 998. The molecule has 1 saturated heterocycles. The van der Waals surface area contributed by atoms with Crippen LogP contribution in [0.25, 0.3) is 0 Å². The van der Waals surface area contributed by atoms with Gasteiger partial charge in [0.1, 0.15) is 24.9 Å². The number of hydrogen-bond donors (Lipinski definition) is 3. The van der Waals surface area contributed by atoms with Crippen LogP contribution in [-0.2, 0) is 35.1 Å². The zero-order valence-electron chi connectivity index (χ0n) is 26.6. The normalized spacial score (nSPS) is 22.2. The molecule has 6 atom stereocenters. The van der Waals surface area contributed by atoms with E-state index < -0.39 is 65.8 Å². The molecule has 0 bridgehead atoms. The number of amides is 1. The second kappa shape index (κ2) is 22.9. The second-order valence-electron chi connectivity index (χ2n) is 11.4. The molecule has 1 fully saturated rings. The van der Waals surface area contributed by atoms with Crippen LogP contribution < -0.4 is 5.32 Å². The minimum Gasteiger partial charge on any atom is -0.457 e. The van der Waals surface area contributed by atoms with E-state index in [0.29, 0.717) is 13.0 Å². The summed E-state index contributed by atoms with van der Waals surface area (Å²) in [4.78, 5) is 26.0.